The first-order valence-electron chi connectivity index (χ1n) is 19.9. The summed E-state index contributed by atoms with van der Waals surface area (Å²) in [5.41, 5.74) is -0.486. The SMILES string of the molecule is CC(C)(O)c1cc2nc(C3CCC(CN4CC(CCNc5cccc6c5C(=O)N(C5CCC(=O)NC5=O)C6=O)C4)CC3)sc2cc1NC(=O)c1cccc(C(F)(F)F)n1. The minimum atomic E-state index is -4.70. The molecule has 5 amide bonds. The number of hydrogen-bond donors (Lipinski definition) is 4. The third-order valence-corrected chi connectivity index (χ3v) is 13.0. The summed E-state index contributed by atoms with van der Waals surface area (Å²) >= 11 is 1.53. The van der Waals surface area contributed by atoms with Crippen molar-refractivity contribution in [3.05, 3.63) is 81.6 Å². The molecule has 8 rings (SSSR count). The summed E-state index contributed by atoms with van der Waals surface area (Å²) in [6.07, 6.45) is 0.464. The predicted molar refractivity (Wildman–Crippen MR) is 213 cm³/mol. The molecule has 4 aromatic rings. The molecule has 310 valence electrons. The van der Waals surface area contributed by atoms with Crippen molar-refractivity contribution in [2.24, 2.45) is 11.8 Å². The van der Waals surface area contributed by atoms with Crippen LogP contribution >= 0.6 is 11.3 Å². The van der Waals surface area contributed by atoms with Crippen LogP contribution in [0.3, 0.4) is 0 Å². The summed E-state index contributed by atoms with van der Waals surface area (Å²) in [5.74, 6) is -1.58. The minimum Gasteiger partial charge on any atom is -0.386 e. The maximum Gasteiger partial charge on any atom is 0.433 e. The Labute approximate surface area is 341 Å². The minimum absolute atomic E-state index is 0.0668. The number of fused-ring (bicyclic) bond motifs is 2. The van der Waals surface area contributed by atoms with E-state index in [1.807, 2.05) is 0 Å². The largest absolute Gasteiger partial charge is 0.433 e. The van der Waals surface area contributed by atoms with Gasteiger partial charge < -0.3 is 20.6 Å². The molecule has 1 saturated carbocycles. The maximum atomic E-state index is 13.4. The molecule has 0 bridgehead atoms. The molecule has 3 aliphatic heterocycles. The zero-order valence-electron chi connectivity index (χ0n) is 32.5. The van der Waals surface area contributed by atoms with Crippen LogP contribution in [0.2, 0.25) is 0 Å². The van der Waals surface area contributed by atoms with E-state index in [9.17, 15) is 42.3 Å². The van der Waals surface area contributed by atoms with E-state index in [0.717, 1.165) is 78.5 Å². The summed E-state index contributed by atoms with van der Waals surface area (Å²) in [6.45, 7) is 6.76. The van der Waals surface area contributed by atoms with Crippen molar-refractivity contribution in [2.75, 3.05) is 36.8 Å². The molecule has 4 N–H and O–H groups in total. The molecular weight excluding hydrogens is 788 g/mol. The molecule has 0 spiro atoms. The Morgan fingerprint density at radius 1 is 0.932 bits per heavy atom. The molecule has 3 fully saturated rings. The number of amides is 5. The Hall–Kier alpha value is -5.26. The lowest BCUT2D eigenvalue weighted by Gasteiger charge is -2.42. The average Bonchev–Trinajstić information content (AvgIpc) is 3.70. The van der Waals surface area contributed by atoms with Gasteiger partial charge in [0.05, 0.1) is 32.0 Å². The Morgan fingerprint density at radius 3 is 2.39 bits per heavy atom. The van der Waals surface area contributed by atoms with Crippen molar-refractivity contribution < 1.29 is 42.3 Å². The van der Waals surface area contributed by atoms with Gasteiger partial charge in [0.1, 0.15) is 17.4 Å². The van der Waals surface area contributed by atoms with Crippen molar-refractivity contribution in [3.63, 3.8) is 0 Å². The molecule has 17 heteroatoms. The normalized spacial score (nSPS) is 21.7. The molecule has 2 aromatic heterocycles. The van der Waals surface area contributed by atoms with Gasteiger partial charge in [0.15, 0.2) is 0 Å². The number of piperidine rings is 1. The number of imide groups is 2. The van der Waals surface area contributed by atoms with E-state index < -0.39 is 53.0 Å². The number of carbonyl (C=O) groups is 5. The number of rotatable bonds is 11. The van der Waals surface area contributed by atoms with E-state index in [1.165, 1.54) is 17.4 Å². The molecule has 2 saturated heterocycles. The highest BCUT2D eigenvalue weighted by molar-refractivity contribution is 7.18. The number of pyridine rings is 1. The number of aromatic nitrogens is 2. The van der Waals surface area contributed by atoms with E-state index in [2.05, 4.69) is 25.8 Å². The van der Waals surface area contributed by atoms with Crippen LogP contribution in [-0.2, 0) is 21.4 Å². The van der Waals surface area contributed by atoms with Crippen molar-refractivity contribution in [3.8, 4) is 0 Å². The van der Waals surface area contributed by atoms with E-state index in [0.29, 0.717) is 35.1 Å². The number of carbonyl (C=O) groups excluding carboxylic acids is 5. The fourth-order valence-corrected chi connectivity index (χ4v) is 9.88. The van der Waals surface area contributed by atoms with Gasteiger partial charge in [-0.2, -0.15) is 13.2 Å². The van der Waals surface area contributed by atoms with Gasteiger partial charge in [0.2, 0.25) is 11.8 Å². The highest BCUT2D eigenvalue weighted by Gasteiger charge is 2.46. The molecule has 5 heterocycles. The molecule has 59 heavy (non-hydrogen) atoms. The first kappa shape index (κ1) is 40.5. The number of likely N-dealkylation sites (tertiary alicyclic amines) is 1. The van der Waals surface area contributed by atoms with Crippen LogP contribution in [-0.4, -0.2) is 86.6 Å². The molecule has 2 aromatic carbocycles. The van der Waals surface area contributed by atoms with Gasteiger partial charge in [0, 0.05) is 55.5 Å². The van der Waals surface area contributed by atoms with Crippen molar-refractivity contribution >= 4 is 62.5 Å². The number of alkyl halides is 3. The molecule has 1 atom stereocenters. The van der Waals surface area contributed by atoms with Crippen LogP contribution < -0.4 is 16.0 Å². The van der Waals surface area contributed by atoms with Gasteiger partial charge in [-0.25, -0.2) is 9.97 Å². The van der Waals surface area contributed by atoms with Gasteiger partial charge in [0.25, 0.3) is 17.7 Å². The van der Waals surface area contributed by atoms with E-state index >= 15 is 0 Å². The Morgan fingerprint density at radius 2 is 1.68 bits per heavy atom. The van der Waals surface area contributed by atoms with Crippen molar-refractivity contribution in [1.29, 1.82) is 0 Å². The van der Waals surface area contributed by atoms with E-state index in [4.69, 9.17) is 4.98 Å². The number of nitrogens with one attached hydrogen (secondary N) is 3. The second-order valence-corrected chi connectivity index (χ2v) is 17.6. The fourth-order valence-electron chi connectivity index (χ4n) is 8.72. The van der Waals surface area contributed by atoms with Gasteiger partial charge in [-0.1, -0.05) is 12.1 Å². The van der Waals surface area contributed by atoms with Crippen LogP contribution in [0.5, 0.6) is 0 Å². The van der Waals surface area contributed by atoms with Crippen molar-refractivity contribution in [2.45, 2.75) is 82.5 Å². The third-order valence-electron chi connectivity index (χ3n) is 11.8. The summed E-state index contributed by atoms with van der Waals surface area (Å²) in [6, 6.07) is 10.7. The number of aliphatic hydroxyl groups is 1. The van der Waals surface area contributed by atoms with E-state index in [-0.39, 0.29) is 41.3 Å². The summed E-state index contributed by atoms with van der Waals surface area (Å²) < 4.78 is 40.5. The quantitative estimate of drug-likeness (QED) is 0.126. The predicted octanol–water partition coefficient (Wildman–Crippen LogP) is 6.30. The smallest absolute Gasteiger partial charge is 0.386 e. The third kappa shape index (κ3) is 8.32. The van der Waals surface area contributed by atoms with Gasteiger partial charge in [-0.05, 0) is 101 Å². The molecule has 1 unspecified atom stereocenters. The average molecular weight is 832 g/mol. The molecule has 4 aliphatic rings. The van der Waals surface area contributed by atoms with Gasteiger partial charge in [-0.3, -0.25) is 34.2 Å². The Bertz CT molecular complexity index is 2350. The van der Waals surface area contributed by atoms with E-state index in [1.54, 1.807) is 44.2 Å². The summed E-state index contributed by atoms with van der Waals surface area (Å²) in [5, 5.41) is 20.2. The van der Waals surface area contributed by atoms with Crippen molar-refractivity contribution in [1.82, 2.24) is 25.1 Å². The monoisotopic (exact) mass is 831 g/mol. The number of halogens is 3. The topological polar surface area (TPSA) is 174 Å². The first-order valence-corrected chi connectivity index (χ1v) is 20.7. The molecule has 0 radical (unpaired) electrons. The second kappa shape index (κ2) is 15.7. The fraction of sp³-hybridized carbons (Fsp3) is 0.452. The highest BCUT2D eigenvalue weighted by Crippen LogP contribution is 2.42. The summed E-state index contributed by atoms with van der Waals surface area (Å²) in [4.78, 5) is 75.6. The Kier molecular flexibility index (Phi) is 10.8. The Balaban J connectivity index is 0.817. The number of benzene rings is 2. The van der Waals surface area contributed by atoms with Crippen LogP contribution in [0.15, 0.2) is 48.5 Å². The number of nitrogens with zero attached hydrogens (tertiary/aromatic N) is 4. The molecule has 1 aliphatic carbocycles. The number of thiazole rings is 1. The molecular formula is C42H44F3N7O6S. The lowest BCUT2D eigenvalue weighted by atomic mass is 9.81. The lowest BCUT2D eigenvalue weighted by Crippen LogP contribution is -2.54. The number of anilines is 2. The number of hydrogen-bond acceptors (Lipinski definition) is 11. The lowest BCUT2D eigenvalue weighted by molar-refractivity contribution is -0.141. The zero-order valence-corrected chi connectivity index (χ0v) is 33.3. The second-order valence-electron chi connectivity index (χ2n) is 16.5. The summed E-state index contributed by atoms with van der Waals surface area (Å²) in [7, 11) is 0. The zero-order chi connectivity index (χ0) is 41.8. The van der Waals surface area contributed by atoms with Crippen LogP contribution in [0.1, 0.15) is 112 Å². The van der Waals surface area contributed by atoms with Gasteiger partial charge >= 0.3 is 6.18 Å². The standard InChI is InChI=1S/C42H44F3N7O6S/c1-41(2,58)26-17-30-32(18-29(26)48-36(54)28-7-4-8-33(47-28)42(43,44)45)59-38(49-30)24-11-9-22(10-12-24)19-51-20-23(21-51)15-16-46-27-6-3-5-25-35(27)40(57)52(39(25)56)31-13-14-34(53)50-37(31)55/h3-8,17-18,22-24,31,46,58H,9-16,19-21H2,1-2H3,(H,48,54)(H,50,53,55). The highest BCUT2D eigenvalue weighted by atomic mass is 32.1. The van der Waals surface area contributed by atoms with Gasteiger partial charge in [-0.15, -0.1) is 11.3 Å². The van der Waals surface area contributed by atoms with Crippen LogP contribution in [0.4, 0.5) is 24.5 Å². The van der Waals surface area contributed by atoms with Crippen LogP contribution in [0, 0.1) is 11.8 Å². The van der Waals surface area contributed by atoms with Crippen LogP contribution in [0.25, 0.3) is 10.2 Å². The maximum absolute atomic E-state index is 13.4. The first-order chi connectivity index (χ1) is 28.0. The molecule has 13 nitrogen and oxygen atoms in total.